The Hall–Kier alpha value is -2.29. The summed E-state index contributed by atoms with van der Waals surface area (Å²) >= 11 is 3.16. The largest absolute Gasteiger partial charge is 0.480 e. The highest BCUT2D eigenvalue weighted by molar-refractivity contribution is 9.10. The molecule has 2 N–H and O–H groups in total. The molecule has 0 fully saturated rings. The van der Waals surface area contributed by atoms with Gasteiger partial charge in [-0.3, -0.25) is 9.59 Å². The van der Waals surface area contributed by atoms with Gasteiger partial charge < -0.3 is 10.4 Å². The number of hydrogen-bond donors (Lipinski definition) is 2. The van der Waals surface area contributed by atoms with Crippen LogP contribution < -0.4 is 5.32 Å². The first-order valence-corrected chi connectivity index (χ1v) is 6.59. The molecule has 0 radical (unpaired) electrons. The highest BCUT2D eigenvalue weighted by atomic mass is 79.9. The second-order valence-electron chi connectivity index (χ2n) is 4.11. The topological polar surface area (TPSA) is 97.1 Å². The smallest absolute Gasteiger partial charge is 0.325 e. The molecule has 7 nitrogen and oxygen atoms in total. The average Bonchev–Trinajstić information content (AvgIpc) is 2.85. The van der Waals surface area contributed by atoms with E-state index >= 15 is 0 Å². The normalized spacial score (nSPS) is 10.4. The quantitative estimate of drug-likeness (QED) is 0.838. The third-order valence-electron chi connectivity index (χ3n) is 2.49. The molecule has 1 heterocycles. The third kappa shape index (κ3) is 4.09. The molecule has 1 aromatic carbocycles. The van der Waals surface area contributed by atoms with Crippen LogP contribution in [0, 0.1) is 5.82 Å². The summed E-state index contributed by atoms with van der Waals surface area (Å²) in [5.41, 5.74) is 0.280. The number of rotatable bonds is 5. The average molecular weight is 357 g/mol. The van der Waals surface area contributed by atoms with E-state index in [2.05, 4.69) is 31.6 Å². The van der Waals surface area contributed by atoms with Crippen molar-refractivity contribution in [1.29, 1.82) is 0 Å². The lowest BCUT2D eigenvalue weighted by molar-refractivity contribution is -0.137. The van der Waals surface area contributed by atoms with E-state index in [0.29, 0.717) is 10.2 Å². The summed E-state index contributed by atoms with van der Waals surface area (Å²) in [6.45, 7) is -0.300. The molecule has 0 spiro atoms. The van der Waals surface area contributed by atoms with E-state index in [-0.39, 0.29) is 18.7 Å². The number of nitrogens with zero attached hydrogens (tertiary/aromatic N) is 3. The Balaban J connectivity index is 1.99. The Morgan fingerprint density at radius 1 is 1.43 bits per heavy atom. The standard InChI is InChI=1S/C12H10BrFN4O3/c13-7-1-2-10(14)9(3-7)12(21)15-4-8-5-18(17-16-8)6-11(19)20/h1-3,5H,4,6H2,(H,15,21)(H,19,20). The van der Waals surface area contributed by atoms with Crippen LogP contribution in [0.15, 0.2) is 28.9 Å². The van der Waals surface area contributed by atoms with Crippen LogP contribution in [0.25, 0.3) is 0 Å². The summed E-state index contributed by atoms with van der Waals surface area (Å²) in [6.07, 6.45) is 1.39. The minimum Gasteiger partial charge on any atom is -0.480 e. The lowest BCUT2D eigenvalue weighted by Crippen LogP contribution is -2.24. The predicted octanol–water partition coefficient (Wildman–Crippen LogP) is 1.19. The Labute approximate surface area is 126 Å². The van der Waals surface area contributed by atoms with Crippen molar-refractivity contribution < 1.29 is 19.1 Å². The van der Waals surface area contributed by atoms with Crippen LogP contribution in [-0.4, -0.2) is 32.0 Å². The number of nitrogens with one attached hydrogen (secondary N) is 1. The van der Waals surface area contributed by atoms with E-state index in [9.17, 15) is 14.0 Å². The van der Waals surface area contributed by atoms with Gasteiger partial charge >= 0.3 is 5.97 Å². The Morgan fingerprint density at radius 3 is 2.90 bits per heavy atom. The van der Waals surface area contributed by atoms with Crippen molar-refractivity contribution in [3.63, 3.8) is 0 Å². The Morgan fingerprint density at radius 2 is 2.19 bits per heavy atom. The number of carbonyl (C=O) groups excluding carboxylic acids is 1. The van der Waals surface area contributed by atoms with E-state index in [1.807, 2.05) is 0 Å². The van der Waals surface area contributed by atoms with Gasteiger partial charge in [0.15, 0.2) is 0 Å². The maximum absolute atomic E-state index is 13.5. The molecule has 0 aliphatic rings. The number of aromatic nitrogens is 3. The van der Waals surface area contributed by atoms with Crippen LogP contribution in [0.2, 0.25) is 0 Å². The summed E-state index contributed by atoms with van der Waals surface area (Å²) in [7, 11) is 0. The van der Waals surface area contributed by atoms with Gasteiger partial charge in [-0.15, -0.1) is 5.10 Å². The van der Waals surface area contributed by atoms with Crippen molar-refractivity contribution >= 4 is 27.8 Å². The van der Waals surface area contributed by atoms with Gasteiger partial charge in [0, 0.05) is 4.47 Å². The van der Waals surface area contributed by atoms with E-state index < -0.39 is 17.7 Å². The molecular weight excluding hydrogens is 347 g/mol. The summed E-state index contributed by atoms with van der Waals surface area (Å²) in [6, 6.07) is 4.04. The van der Waals surface area contributed by atoms with E-state index in [1.165, 1.54) is 24.4 Å². The van der Waals surface area contributed by atoms with E-state index in [1.54, 1.807) is 0 Å². The molecule has 1 amide bonds. The summed E-state index contributed by atoms with van der Waals surface area (Å²) < 4.78 is 15.2. The number of aliphatic carboxylic acids is 1. The summed E-state index contributed by atoms with van der Waals surface area (Å²) in [4.78, 5) is 22.3. The zero-order chi connectivity index (χ0) is 15.4. The summed E-state index contributed by atoms with van der Waals surface area (Å²) in [5, 5.41) is 18.4. The van der Waals surface area contributed by atoms with Gasteiger partial charge in [-0.25, -0.2) is 9.07 Å². The van der Waals surface area contributed by atoms with Gasteiger partial charge in [0.2, 0.25) is 0 Å². The van der Waals surface area contributed by atoms with Crippen LogP contribution in [0.1, 0.15) is 16.1 Å². The summed E-state index contributed by atoms with van der Waals surface area (Å²) in [5.74, 6) is -2.28. The van der Waals surface area contributed by atoms with Gasteiger partial charge in [-0.1, -0.05) is 21.1 Å². The van der Waals surface area contributed by atoms with Crippen molar-refractivity contribution in [2.75, 3.05) is 0 Å². The number of carboxylic acid groups (broad SMARTS) is 1. The van der Waals surface area contributed by atoms with E-state index in [4.69, 9.17) is 5.11 Å². The maximum atomic E-state index is 13.5. The minimum absolute atomic E-state index is 0.0183. The number of carboxylic acids is 1. The fourth-order valence-corrected chi connectivity index (χ4v) is 1.93. The number of halogens is 2. The van der Waals surface area contributed by atoms with Gasteiger partial charge in [0.25, 0.3) is 5.91 Å². The van der Waals surface area contributed by atoms with Crippen LogP contribution in [0.4, 0.5) is 4.39 Å². The van der Waals surface area contributed by atoms with Crippen molar-refractivity contribution in [2.45, 2.75) is 13.1 Å². The van der Waals surface area contributed by atoms with Crippen LogP contribution in [0.3, 0.4) is 0 Å². The second kappa shape index (κ2) is 6.44. The van der Waals surface area contributed by atoms with Crippen molar-refractivity contribution in [3.8, 4) is 0 Å². The molecule has 9 heteroatoms. The Bertz CT molecular complexity index is 689. The number of benzene rings is 1. The fraction of sp³-hybridized carbons (Fsp3) is 0.167. The molecule has 0 unspecified atom stereocenters. The first-order chi connectivity index (χ1) is 9.95. The zero-order valence-corrected chi connectivity index (χ0v) is 12.2. The number of amides is 1. The molecule has 0 aliphatic heterocycles. The monoisotopic (exact) mass is 356 g/mol. The van der Waals surface area contributed by atoms with Crippen molar-refractivity contribution in [2.24, 2.45) is 0 Å². The second-order valence-corrected chi connectivity index (χ2v) is 5.02. The lowest BCUT2D eigenvalue weighted by Gasteiger charge is -2.04. The van der Waals surface area contributed by atoms with Gasteiger partial charge in [0.1, 0.15) is 18.1 Å². The third-order valence-corrected chi connectivity index (χ3v) is 2.98. The van der Waals surface area contributed by atoms with Crippen LogP contribution >= 0.6 is 15.9 Å². The van der Waals surface area contributed by atoms with Gasteiger partial charge in [-0.2, -0.15) is 0 Å². The Kier molecular flexibility index (Phi) is 4.63. The number of hydrogen-bond acceptors (Lipinski definition) is 4. The molecule has 2 rings (SSSR count). The zero-order valence-electron chi connectivity index (χ0n) is 10.6. The minimum atomic E-state index is -1.05. The molecule has 0 bridgehead atoms. The fourth-order valence-electron chi connectivity index (χ4n) is 1.57. The molecule has 1 aromatic heterocycles. The molecule has 21 heavy (non-hydrogen) atoms. The van der Waals surface area contributed by atoms with Crippen LogP contribution in [-0.2, 0) is 17.9 Å². The molecule has 110 valence electrons. The lowest BCUT2D eigenvalue weighted by atomic mass is 10.2. The highest BCUT2D eigenvalue weighted by Crippen LogP contribution is 2.15. The van der Waals surface area contributed by atoms with E-state index in [0.717, 1.165) is 4.68 Å². The molecule has 0 saturated heterocycles. The highest BCUT2D eigenvalue weighted by Gasteiger charge is 2.13. The molecule has 2 aromatic rings. The first-order valence-electron chi connectivity index (χ1n) is 5.80. The van der Waals surface area contributed by atoms with Crippen molar-refractivity contribution in [3.05, 3.63) is 45.9 Å². The molecule has 0 saturated carbocycles. The number of carbonyl (C=O) groups is 2. The molecule has 0 aliphatic carbocycles. The molecule has 0 atom stereocenters. The van der Waals surface area contributed by atoms with Crippen molar-refractivity contribution in [1.82, 2.24) is 20.3 Å². The molecular formula is C12H10BrFN4O3. The predicted molar refractivity (Wildman–Crippen MR) is 72.9 cm³/mol. The van der Waals surface area contributed by atoms with Gasteiger partial charge in [0.05, 0.1) is 18.3 Å². The first kappa shape index (κ1) is 15.1. The van der Waals surface area contributed by atoms with Gasteiger partial charge in [-0.05, 0) is 18.2 Å². The van der Waals surface area contributed by atoms with Crippen LogP contribution in [0.5, 0.6) is 0 Å². The SMILES string of the molecule is O=C(O)Cn1cc(CNC(=O)c2cc(Br)ccc2F)nn1. The maximum Gasteiger partial charge on any atom is 0.325 e.